The highest BCUT2D eigenvalue weighted by Gasteiger charge is 2.30. The quantitative estimate of drug-likeness (QED) is 0.718. The molecule has 0 radical (unpaired) electrons. The molecular weight excluding hydrogens is 194 g/mol. The number of nitrogens with one attached hydrogen (secondary N) is 1. The number of aromatic nitrogens is 2. The van der Waals surface area contributed by atoms with E-state index in [9.17, 15) is 4.79 Å². The maximum Gasteiger partial charge on any atom is 0.323 e. The van der Waals surface area contributed by atoms with Crippen molar-refractivity contribution in [3.05, 3.63) is 18.5 Å². The first-order valence-corrected chi connectivity index (χ1v) is 5.17. The molecule has 2 heterocycles. The van der Waals surface area contributed by atoms with E-state index in [4.69, 9.17) is 4.74 Å². The van der Waals surface area contributed by atoms with Crippen molar-refractivity contribution in [2.45, 2.75) is 32.0 Å². The highest BCUT2D eigenvalue weighted by molar-refractivity contribution is 5.77. The molecule has 0 aliphatic carbocycles. The summed E-state index contributed by atoms with van der Waals surface area (Å²) in [7, 11) is 0. The average molecular weight is 209 g/mol. The summed E-state index contributed by atoms with van der Waals surface area (Å²) >= 11 is 0. The molecule has 1 aliphatic rings. The zero-order valence-electron chi connectivity index (χ0n) is 8.72. The number of esters is 1. The van der Waals surface area contributed by atoms with E-state index < -0.39 is 0 Å². The topological polar surface area (TPSA) is 56.2 Å². The van der Waals surface area contributed by atoms with Gasteiger partial charge in [-0.3, -0.25) is 9.48 Å². The molecule has 0 amide bonds. The number of hydrogen-bond acceptors (Lipinski definition) is 4. The molecule has 2 rings (SSSR count). The van der Waals surface area contributed by atoms with Crippen molar-refractivity contribution < 1.29 is 9.53 Å². The molecule has 1 fully saturated rings. The summed E-state index contributed by atoms with van der Waals surface area (Å²) in [6.45, 7) is 3.41. The maximum absolute atomic E-state index is 11.3. The molecule has 1 aromatic rings. The van der Waals surface area contributed by atoms with Crippen LogP contribution < -0.4 is 5.32 Å². The van der Waals surface area contributed by atoms with E-state index in [1.807, 2.05) is 23.9 Å². The molecule has 2 atom stereocenters. The fraction of sp³-hybridized carbons (Fsp3) is 0.600. The van der Waals surface area contributed by atoms with Crippen molar-refractivity contribution in [2.24, 2.45) is 0 Å². The lowest BCUT2D eigenvalue weighted by Gasteiger charge is -2.08. The summed E-state index contributed by atoms with van der Waals surface area (Å²) < 4.78 is 6.87. The Morgan fingerprint density at radius 3 is 3.20 bits per heavy atom. The number of cyclic esters (lactones) is 1. The summed E-state index contributed by atoms with van der Waals surface area (Å²) in [6, 6.07) is 1.74. The molecule has 5 nitrogen and oxygen atoms in total. The molecule has 1 saturated heterocycles. The summed E-state index contributed by atoms with van der Waals surface area (Å²) in [4.78, 5) is 11.3. The van der Waals surface area contributed by atoms with E-state index in [1.165, 1.54) is 0 Å². The molecule has 0 aromatic carbocycles. The van der Waals surface area contributed by atoms with Gasteiger partial charge in [-0.25, -0.2) is 0 Å². The van der Waals surface area contributed by atoms with Gasteiger partial charge in [-0.15, -0.1) is 0 Å². The van der Waals surface area contributed by atoms with Crippen molar-refractivity contribution >= 4 is 5.97 Å². The zero-order valence-corrected chi connectivity index (χ0v) is 8.72. The minimum absolute atomic E-state index is 0.0414. The van der Waals surface area contributed by atoms with Crippen LogP contribution in [0.1, 0.15) is 13.3 Å². The van der Waals surface area contributed by atoms with Crippen molar-refractivity contribution in [3.8, 4) is 0 Å². The lowest BCUT2D eigenvalue weighted by molar-refractivity contribution is -0.142. The van der Waals surface area contributed by atoms with Crippen molar-refractivity contribution in [1.29, 1.82) is 0 Å². The van der Waals surface area contributed by atoms with Gasteiger partial charge in [-0.1, -0.05) is 0 Å². The van der Waals surface area contributed by atoms with E-state index in [1.54, 1.807) is 6.20 Å². The second-order valence-corrected chi connectivity index (χ2v) is 3.76. The second kappa shape index (κ2) is 4.44. The Balaban J connectivity index is 1.72. The molecule has 15 heavy (non-hydrogen) atoms. The molecule has 1 N–H and O–H groups in total. The smallest absolute Gasteiger partial charge is 0.323 e. The molecule has 0 unspecified atom stereocenters. The van der Waals surface area contributed by atoms with Gasteiger partial charge in [0, 0.05) is 25.4 Å². The Hall–Kier alpha value is -1.36. The molecule has 1 aliphatic heterocycles. The maximum atomic E-state index is 11.3. The van der Waals surface area contributed by atoms with Crippen LogP contribution in [0.2, 0.25) is 0 Å². The minimum Gasteiger partial charge on any atom is -0.461 e. The number of carbonyl (C=O) groups is 1. The minimum atomic E-state index is -0.143. The highest BCUT2D eigenvalue weighted by atomic mass is 16.6. The fourth-order valence-corrected chi connectivity index (χ4v) is 1.71. The number of hydrogen-bond donors (Lipinski definition) is 1. The van der Waals surface area contributed by atoms with E-state index in [0.29, 0.717) is 0 Å². The Morgan fingerprint density at radius 2 is 2.60 bits per heavy atom. The Morgan fingerprint density at radius 1 is 1.73 bits per heavy atom. The van der Waals surface area contributed by atoms with Crippen LogP contribution in [-0.2, 0) is 16.1 Å². The van der Waals surface area contributed by atoms with Gasteiger partial charge in [0.15, 0.2) is 0 Å². The van der Waals surface area contributed by atoms with Gasteiger partial charge in [0.2, 0.25) is 0 Å². The molecule has 0 bridgehead atoms. The van der Waals surface area contributed by atoms with Crippen LogP contribution in [0.15, 0.2) is 18.5 Å². The first-order chi connectivity index (χ1) is 7.25. The number of carbonyl (C=O) groups excluding carboxylic acids is 1. The predicted molar refractivity (Wildman–Crippen MR) is 54.2 cm³/mol. The van der Waals surface area contributed by atoms with E-state index in [2.05, 4.69) is 10.4 Å². The van der Waals surface area contributed by atoms with Crippen molar-refractivity contribution in [2.75, 3.05) is 6.54 Å². The summed E-state index contributed by atoms with van der Waals surface area (Å²) in [5.74, 6) is -0.136. The van der Waals surface area contributed by atoms with E-state index in [-0.39, 0.29) is 18.1 Å². The van der Waals surface area contributed by atoms with Crippen LogP contribution >= 0.6 is 0 Å². The third kappa shape index (κ3) is 2.56. The Labute approximate surface area is 88.4 Å². The number of nitrogens with zero attached hydrogens (tertiary/aromatic N) is 2. The van der Waals surface area contributed by atoms with Crippen molar-refractivity contribution in [3.63, 3.8) is 0 Å². The molecule has 1 aromatic heterocycles. The monoisotopic (exact) mass is 209 g/mol. The Bertz CT molecular complexity index is 323. The lowest BCUT2D eigenvalue weighted by Crippen LogP contribution is -2.35. The summed E-state index contributed by atoms with van der Waals surface area (Å²) in [6.07, 6.45) is 4.45. The summed E-state index contributed by atoms with van der Waals surface area (Å²) in [5.41, 5.74) is 0. The average Bonchev–Trinajstić information content (AvgIpc) is 2.77. The predicted octanol–water partition coefficient (Wildman–Crippen LogP) is 0.177. The zero-order chi connectivity index (χ0) is 10.7. The Kier molecular flexibility index (Phi) is 3.01. The van der Waals surface area contributed by atoms with Crippen LogP contribution in [0.5, 0.6) is 0 Å². The molecular formula is C10H15N3O2. The van der Waals surface area contributed by atoms with Crippen LogP contribution in [0.3, 0.4) is 0 Å². The second-order valence-electron chi connectivity index (χ2n) is 3.76. The van der Waals surface area contributed by atoms with Gasteiger partial charge in [0.05, 0.1) is 6.54 Å². The number of rotatable bonds is 4. The van der Waals surface area contributed by atoms with Gasteiger partial charge in [0.25, 0.3) is 0 Å². The normalized spacial score (nSPS) is 25.5. The third-order valence-corrected chi connectivity index (χ3v) is 2.46. The highest BCUT2D eigenvalue weighted by Crippen LogP contribution is 2.13. The SMILES string of the molecule is C[C@H]1C[C@@H](NCCn2cccn2)C(=O)O1. The van der Waals surface area contributed by atoms with Crippen LogP contribution in [0, 0.1) is 0 Å². The van der Waals surface area contributed by atoms with Gasteiger partial charge in [-0.2, -0.15) is 5.10 Å². The largest absolute Gasteiger partial charge is 0.461 e. The molecule has 5 heteroatoms. The van der Waals surface area contributed by atoms with Gasteiger partial charge in [-0.05, 0) is 13.0 Å². The first kappa shape index (κ1) is 10.2. The third-order valence-electron chi connectivity index (χ3n) is 2.46. The van der Waals surface area contributed by atoms with E-state index >= 15 is 0 Å². The lowest BCUT2D eigenvalue weighted by atomic mass is 10.2. The van der Waals surface area contributed by atoms with Crippen molar-refractivity contribution in [1.82, 2.24) is 15.1 Å². The molecule has 0 saturated carbocycles. The van der Waals surface area contributed by atoms with Crippen LogP contribution in [0.25, 0.3) is 0 Å². The van der Waals surface area contributed by atoms with Crippen LogP contribution in [0.4, 0.5) is 0 Å². The number of ether oxygens (including phenoxy) is 1. The molecule has 82 valence electrons. The standard InChI is InChI=1S/C10H15N3O2/c1-8-7-9(10(14)15-8)11-4-6-13-5-2-3-12-13/h2-3,5,8-9,11H,4,6-7H2,1H3/t8-,9+/m0/s1. The van der Waals surface area contributed by atoms with E-state index in [0.717, 1.165) is 19.5 Å². The van der Waals surface area contributed by atoms with Gasteiger partial charge >= 0.3 is 5.97 Å². The molecule has 0 spiro atoms. The van der Waals surface area contributed by atoms with Gasteiger partial charge in [0.1, 0.15) is 12.1 Å². The summed E-state index contributed by atoms with van der Waals surface area (Å²) in [5, 5.41) is 7.24. The van der Waals surface area contributed by atoms with Crippen LogP contribution in [-0.4, -0.2) is 34.4 Å². The first-order valence-electron chi connectivity index (χ1n) is 5.17. The van der Waals surface area contributed by atoms with Gasteiger partial charge < -0.3 is 10.1 Å². The fourth-order valence-electron chi connectivity index (χ4n) is 1.71.